The fourth-order valence-electron chi connectivity index (χ4n) is 2.24. The minimum atomic E-state index is 0.646. The van der Waals surface area contributed by atoms with Crippen LogP contribution in [-0.2, 0) is 0 Å². The van der Waals surface area contributed by atoms with Gasteiger partial charge in [-0.3, -0.25) is 14.8 Å². The van der Waals surface area contributed by atoms with Gasteiger partial charge in [-0.25, -0.2) is 0 Å². The Bertz CT molecular complexity index is 848. The molecule has 0 saturated carbocycles. The number of benzene rings is 2. The summed E-state index contributed by atoms with van der Waals surface area (Å²) in [5, 5.41) is 2.20. The maximum Gasteiger partial charge on any atom is 0.152 e. The highest BCUT2D eigenvalue weighted by Gasteiger charge is 1.97. The van der Waals surface area contributed by atoms with Crippen LogP contribution in [-0.4, -0.2) is 16.3 Å². The Morgan fingerprint density at radius 1 is 0.682 bits per heavy atom. The Balaban J connectivity index is 0.000000133. The van der Waals surface area contributed by atoms with Gasteiger partial charge in [0.15, 0.2) is 6.29 Å². The number of carbonyl (C=O) groups is 1. The first-order chi connectivity index (χ1) is 10.9. The average molecular weight is 286 g/mol. The van der Waals surface area contributed by atoms with Gasteiger partial charge in [-0.15, -0.1) is 0 Å². The normalized spacial score (nSPS) is 10.0. The summed E-state index contributed by atoms with van der Waals surface area (Å²) in [4.78, 5) is 18.9. The second-order valence-electron chi connectivity index (χ2n) is 4.74. The highest BCUT2D eigenvalue weighted by atomic mass is 16.1. The predicted octanol–water partition coefficient (Wildman–Crippen LogP) is 4.28. The topological polar surface area (TPSA) is 42.9 Å². The molecule has 2 aromatic heterocycles. The minimum Gasteiger partial charge on any atom is -0.298 e. The minimum absolute atomic E-state index is 0.646. The van der Waals surface area contributed by atoms with E-state index in [4.69, 9.17) is 0 Å². The Kier molecular flexibility index (Phi) is 4.16. The van der Waals surface area contributed by atoms with Crippen LogP contribution < -0.4 is 0 Å². The van der Waals surface area contributed by atoms with Crippen molar-refractivity contribution in [2.24, 2.45) is 0 Å². The third kappa shape index (κ3) is 2.99. The van der Waals surface area contributed by atoms with Crippen molar-refractivity contribution in [2.75, 3.05) is 0 Å². The first-order valence-electron chi connectivity index (χ1n) is 6.97. The summed E-state index contributed by atoms with van der Waals surface area (Å²) in [6.45, 7) is 0. The number of rotatable bonds is 1. The lowest BCUT2D eigenvalue weighted by atomic mass is 10.1. The molecule has 0 saturated heterocycles. The smallest absolute Gasteiger partial charge is 0.152 e. The zero-order chi connectivity index (χ0) is 15.2. The Morgan fingerprint density at radius 3 is 2.18 bits per heavy atom. The van der Waals surface area contributed by atoms with E-state index in [2.05, 4.69) is 22.1 Å². The highest BCUT2D eigenvalue weighted by molar-refractivity contribution is 5.95. The van der Waals surface area contributed by atoms with Gasteiger partial charge in [0.25, 0.3) is 0 Å². The molecule has 0 aliphatic carbocycles. The molecule has 0 unspecified atom stereocenters. The molecule has 0 radical (unpaired) electrons. The second kappa shape index (κ2) is 6.59. The van der Waals surface area contributed by atoms with Crippen molar-refractivity contribution < 1.29 is 4.79 Å². The molecule has 0 aliphatic heterocycles. The standard InChI is InChI=1S/C10H7NO.C9H7N/c12-7-9-4-1-3-8-5-2-6-11-10(8)9;1-2-6-9-8(4-1)5-3-7-10-9/h1-7H;1-7H. The van der Waals surface area contributed by atoms with Gasteiger partial charge < -0.3 is 0 Å². The molecule has 0 spiro atoms. The molecule has 0 aliphatic rings. The van der Waals surface area contributed by atoms with E-state index in [-0.39, 0.29) is 0 Å². The summed E-state index contributed by atoms with van der Waals surface area (Å²) in [7, 11) is 0. The van der Waals surface area contributed by atoms with E-state index in [1.807, 2.05) is 54.7 Å². The molecule has 3 heteroatoms. The predicted molar refractivity (Wildman–Crippen MR) is 88.9 cm³/mol. The monoisotopic (exact) mass is 286 g/mol. The molecular formula is C19H14N2O. The van der Waals surface area contributed by atoms with Gasteiger partial charge in [0.1, 0.15) is 0 Å². The van der Waals surface area contributed by atoms with Crippen LogP contribution in [0.4, 0.5) is 0 Å². The lowest BCUT2D eigenvalue weighted by molar-refractivity contribution is 0.112. The molecule has 0 bridgehead atoms. The molecule has 2 aromatic carbocycles. The fraction of sp³-hybridized carbons (Fsp3) is 0. The van der Waals surface area contributed by atoms with Crippen LogP contribution in [0.5, 0.6) is 0 Å². The Morgan fingerprint density at radius 2 is 1.36 bits per heavy atom. The van der Waals surface area contributed by atoms with Crippen molar-refractivity contribution in [3.8, 4) is 0 Å². The first kappa shape index (κ1) is 13.9. The van der Waals surface area contributed by atoms with Crippen LogP contribution >= 0.6 is 0 Å². The number of carbonyl (C=O) groups excluding carboxylic acids is 1. The highest BCUT2D eigenvalue weighted by Crippen LogP contribution is 2.13. The molecule has 2 heterocycles. The summed E-state index contributed by atoms with van der Waals surface area (Å²) in [6.07, 6.45) is 4.33. The summed E-state index contributed by atoms with van der Waals surface area (Å²) in [5.41, 5.74) is 2.48. The third-order valence-corrected chi connectivity index (χ3v) is 3.30. The zero-order valence-electron chi connectivity index (χ0n) is 11.9. The number of pyridine rings is 2. The van der Waals surface area contributed by atoms with E-state index in [9.17, 15) is 4.79 Å². The lowest BCUT2D eigenvalue weighted by Crippen LogP contribution is -1.85. The van der Waals surface area contributed by atoms with Crippen LogP contribution in [0.15, 0.2) is 79.1 Å². The van der Waals surface area contributed by atoms with Crippen molar-refractivity contribution in [1.29, 1.82) is 0 Å². The number of aldehydes is 1. The van der Waals surface area contributed by atoms with Gasteiger partial charge in [-0.1, -0.05) is 42.5 Å². The molecule has 106 valence electrons. The zero-order valence-corrected chi connectivity index (χ0v) is 11.9. The van der Waals surface area contributed by atoms with Crippen molar-refractivity contribution in [2.45, 2.75) is 0 Å². The Hall–Kier alpha value is -3.07. The van der Waals surface area contributed by atoms with E-state index in [0.29, 0.717) is 5.56 Å². The Labute approximate surface area is 128 Å². The maximum absolute atomic E-state index is 10.6. The van der Waals surface area contributed by atoms with Crippen LogP contribution in [0.2, 0.25) is 0 Å². The molecule has 4 rings (SSSR count). The quantitative estimate of drug-likeness (QED) is 0.490. The van der Waals surface area contributed by atoms with E-state index in [1.54, 1.807) is 12.3 Å². The third-order valence-electron chi connectivity index (χ3n) is 3.30. The molecule has 0 fully saturated rings. The number of para-hydroxylation sites is 2. The van der Waals surface area contributed by atoms with Gasteiger partial charge in [-0.2, -0.15) is 0 Å². The van der Waals surface area contributed by atoms with Crippen LogP contribution in [0.3, 0.4) is 0 Å². The number of hydrogen-bond acceptors (Lipinski definition) is 3. The summed E-state index contributed by atoms with van der Waals surface area (Å²) in [5.74, 6) is 0. The number of hydrogen-bond donors (Lipinski definition) is 0. The summed E-state index contributed by atoms with van der Waals surface area (Å²) >= 11 is 0. The number of fused-ring (bicyclic) bond motifs is 2. The van der Waals surface area contributed by atoms with Crippen molar-refractivity contribution in [3.05, 3.63) is 84.7 Å². The van der Waals surface area contributed by atoms with Gasteiger partial charge in [0.2, 0.25) is 0 Å². The van der Waals surface area contributed by atoms with Gasteiger partial charge in [0.05, 0.1) is 11.0 Å². The molecule has 4 aromatic rings. The lowest BCUT2D eigenvalue weighted by Gasteiger charge is -1.96. The largest absolute Gasteiger partial charge is 0.298 e. The number of aromatic nitrogens is 2. The van der Waals surface area contributed by atoms with Crippen molar-refractivity contribution in [3.63, 3.8) is 0 Å². The maximum atomic E-state index is 10.6. The van der Waals surface area contributed by atoms with Crippen LogP contribution in [0.25, 0.3) is 21.8 Å². The number of nitrogens with zero attached hydrogens (tertiary/aromatic N) is 2. The van der Waals surface area contributed by atoms with Crippen LogP contribution in [0.1, 0.15) is 10.4 Å². The summed E-state index contributed by atoms with van der Waals surface area (Å²) < 4.78 is 0. The van der Waals surface area contributed by atoms with Gasteiger partial charge in [0, 0.05) is 28.7 Å². The van der Waals surface area contributed by atoms with Gasteiger partial charge in [-0.05, 0) is 24.3 Å². The van der Waals surface area contributed by atoms with E-state index in [0.717, 1.165) is 22.7 Å². The average Bonchev–Trinajstić information content (AvgIpc) is 2.62. The SMILES string of the molecule is O=Cc1cccc2cccnc12.c1ccc2ncccc2c1. The first-order valence-corrected chi connectivity index (χ1v) is 6.97. The molecular weight excluding hydrogens is 272 g/mol. The molecule has 0 amide bonds. The van der Waals surface area contributed by atoms with Crippen LogP contribution in [0, 0.1) is 0 Å². The molecule has 3 nitrogen and oxygen atoms in total. The van der Waals surface area contributed by atoms with Crippen molar-refractivity contribution >= 4 is 28.1 Å². The van der Waals surface area contributed by atoms with Crippen molar-refractivity contribution in [1.82, 2.24) is 9.97 Å². The second-order valence-corrected chi connectivity index (χ2v) is 4.74. The molecule has 22 heavy (non-hydrogen) atoms. The summed E-state index contributed by atoms with van der Waals surface area (Å²) in [6, 6.07) is 21.4. The fourth-order valence-corrected chi connectivity index (χ4v) is 2.24. The van der Waals surface area contributed by atoms with E-state index >= 15 is 0 Å². The molecule has 0 atom stereocenters. The molecule has 0 N–H and O–H groups in total. The van der Waals surface area contributed by atoms with Gasteiger partial charge >= 0.3 is 0 Å². The van der Waals surface area contributed by atoms with E-state index in [1.165, 1.54) is 5.39 Å². The van der Waals surface area contributed by atoms with E-state index < -0.39 is 0 Å².